The van der Waals surface area contributed by atoms with E-state index in [1.54, 1.807) is 25.4 Å². The molecule has 0 aliphatic carbocycles. The fourth-order valence-corrected chi connectivity index (χ4v) is 4.48. The van der Waals surface area contributed by atoms with E-state index < -0.39 is 29.8 Å². The third kappa shape index (κ3) is 7.78. The minimum atomic E-state index is -0.690. The van der Waals surface area contributed by atoms with E-state index >= 15 is 0 Å². The van der Waals surface area contributed by atoms with Gasteiger partial charge in [-0.25, -0.2) is 19.0 Å². The minimum Gasteiger partial charge on any atom is -0.447 e. The molecule has 1 aromatic heterocycles. The third-order valence-electron chi connectivity index (χ3n) is 6.49. The van der Waals surface area contributed by atoms with Gasteiger partial charge in [0.2, 0.25) is 0 Å². The van der Waals surface area contributed by atoms with Crippen LogP contribution in [0.2, 0.25) is 5.02 Å². The van der Waals surface area contributed by atoms with E-state index in [1.807, 2.05) is 38.1 Å². The maximum absolute atomic E-state index is 13.8. The van der Waals surface area contributed by atoms with Crippen molar-refractivity contribution < 1.29 is 28.2 Å². The average molecular weight is 559 g/mol. The standard InChI is InChI=1S/C28H32ClFN4O5/c1-28(2)38-17-22(39-28)12-11-21(34(3)26(35)32-15-20-9-6-10-23(30)25(20)29)16-37-27(36)33-24-13-18-7-4-5-8-19(18)14-31-24/h4-10,13-14,21-22H,11-12,15-17H2,1-3H3,(H,32,35)(H,31,33,36)/t21-,22+/m0/s1. The van der Waals surface area contributed by atoms with E-state index in [9.17, 15) is 14.0 Å². The normalized spacial score (nSPS) is 17.0. The van der Waals surface area contributed by atoms with Gasteiger partial charge in [-0.2, -0.15) is 0 Å². The number of hydrogen-bond acceptors (Lipinski definition) is 6. The third-order valence-corrected chi connectivity index (χ3v) is 6.91. The predicted molar refractivity (Wildman–Crippen MR) is 146 cm³/mol. The minimum absolute atomic E-state index is 0.0369. The first-order valence-corrected chi connectivity index (χ1v) is 13.0. The Morgan fingerprint density at radius 3 is 2.74 bits per heavy atom. The highest BCUT2D eigenvalue weighted by atomic mass is 35.5. The molecule has 208 valence electrons. The van der Waals surface area contributed by atoms with Crippen molar-refractivity contribution >= 4 is 40.3 Å². The van der Waals surface area contributed by atoms with Gasteiger partial charge in [-0.3, -0.25) is 5.32 Å². The highest BCUT2D eigenvalue weighted by Gasteiger charge is 2.33. The topological polar surface area (TPSA) is 102 Å². The van der Waals surface area contributed by atoms with Crippen molar-refractivity contribution in [2.75, 3.05) is 25.6 Å². The monoisotopic (exact) mass is 558 g/mol. The summed E-state index contributed by atoms with van der Waals surface area (Å²) in [5.41, 5.74) is 0.451. The molecule has 0 radical (unpaired) electrons. The molecule has 0 spiro atoms. The van der Waals surface area contributed by atoms with E-state index in [-0.39, 0.29) is 24.3 Å². The molecule has 1 fully saturated rings. The van der Waals surface area contributed by atoms with Crippen molar-refractivity contribution in [3.8, 4) is 0 Å². The number of rotatable bonds is 9. The lowest BCUT2D eigenvalue weighted by atomic mass is 10.1. The smallest absolute Gasteiger partial charge is 0.412 e. The summed E-state index contributed by atoms with van der Waals surface area (Å²) in [6, 6.07) is 12.9. The van der Waals surface area contributed by atoms with E-state index in [0.717, 1.165) is 10.8 Å². The summed E-state index contributed by atoms with van der Waals surface area (Å²) in [4.78, 5) is 31.3. The van der Waals surface area contributed by atoms with Gasteiger partial charge in [-0.05, 0) is 49.8 Å². The van der Waals surface area contributed by atoms with Crippen LogP contribution in [0, 0.1) is 5.82 Å². The first kappa shape index (κ1) is 28.5. The van der Waals surface area contributed by atoms with E-state index in [0.29, 0.717) is 30.8 Å². The van der Waals surface area contributed by atoms with Gasteiger partial charge in [0, 0.05) is 25.2 Å². The number of halogens is 2. The Labute approximate surface area is 231 Å². The second-order valence-corrected chi connectivity index (χ2v) is 10.2. The Morgan fingerprint density at radius 1 is 1.23 bits per heavy atom. The maximum atomic E-state index is 13.8. The molecule has 2 heterocycles. The Morgan fingerprint density at radius 2 is 2.00 bits per heavy atom. The number of fused-ring (bicyclic) bond motifs is 1. The number of carbonyl (C=O) groups is 2. The molecule has 2 N–H and O–H groups in total. The average Bonchev–Trinajstić information content (AvgIpc) is 3.27. The van der Waals surface area contributed by atoms with Gasteiger partial charge < -0.3 is 24.4 Å². The molecule has 0 saturated carbocycles. The van der Waals surface area contributed by atoms with Crippen LogP contribution in [0.4, 0.5) is 19.8 Å². The molecule has 1 aliphatic rings. The van der Waals surface area contributed by atoms with Crippen molar-refractivity contribution in [3.05, 3.63) is 71.1 Å². The first-order chi connectivity index (χ1) is 18.6. The predicted octanol–water partition coefficient (Wildman–Crippen LogP) is 5.72. The fraction of sp³-hybridized carbons (Fsp3) is 0.393. The number of aromatic nitrogens is 1. The van der Waals surface area contributed by atoms with Crippen molar-refractivity contribution in [1.29, 1.82) is 0 Å². The summed E-state index contributed by atoms with van der Waals surface area (Å²) < 4.78 is 30.8. The summed E-state index contributed by atoms with van der Waals surface area (Å²) in [6.45, 7) is 4.09. The molecule has 3 amide bonds. The molecule has 9 nitrogen and oxygen atoms in total. The van der Waals surface area contributed by atoms with Crippen LogP contribution in [0.5, 0.6) is 0 Å². The number of anilines is 1. The van der Waals surface area contributed by atoms with E-state index in [1.165, 1.54) is 17.0 Å². The zero-order chi connectivity index (χ0) is 28.0. The van der Waals surface area contributed by atoms with Gasteiger partial charge >= 0.3 is 12.1 Å². The second-order valence-electron chi connectivity index (χ2n) is 9.80. The van der Waals surface area contributed by atoms with Crippen LogP contribution < -0.4 is 10.6 Å². The molecule has 0 unspecified atom stereocenters. The molecule has 2 atom stereocenters. The lowest BCUT2D eigenvalue weighted by molar-refractivity contribution is -0.139. The number of hydrogen-bond donors (Lipinski definition) is 2. The van der Waals surface area contributed by atoms with Gasteiger partial charge in [0.1, 0.15) is 18.2 Å². The molecule has 3 aromatic rings. The molecular formula is C28H32ClFN4O5. The number of amides is 3. The van der Waals surface area contributed by atoms with Gasteiger partial charge in [0.05, 0.1) is 23.8 Å². The van der Waals surface area contributed by atoms with Crippen molar-refractivity contribution in [2.45, 2.75) is 51.2 Å². The van der Waals surface area contributed by atoms with Gasteiger partial charge in [-0.15, -0.1) is 0 Å². The Hall–Kier alpha value is -3.47. The van der Waals surface area contributed by atoms with Crippen LogP contribution >= 0.6 is 11.6 Å². The van der Waals surface area contributed by atoms with Crippen LogP contribution in [-0.2, 0) is 20.8 Å². The van der Waals surface area contributed by atoms with Crippen LogP contribution in [0.25, 0.3) is 10.8 Å². The van der Waals surface area contributed by atoms with E-state index in [4.69, 9.17) is 25.8 Å². The Bertz CT molecular complexity index is 1320. The van der Waals surface area contributed by atoms with Crippen LogP contribution in [0.1, 0.15) is 32.3 Å². The number of pyridine rings is 1. The van der Waals surface area contributed by atoms with Crippen molar-refractivity contribution in [1.82, 2.24) is 15.2 Å². The zero-order valence-electron chi connectivity index (χ0n) is 22.1. The summed E-state index contributed by atoms with van der Waals surface area (Å²) >= 11 is 6.01. The Kier molecular flexibility index (Phi) is 9.21. The van der Waals surface area contributed by atoms with Gasteiger partial charge in [-0.1, -0.05) is 48.0 Å². The van der Waals surface area contributed by atoms with Crippen LogP contribution in [0.3, 0.4) is 0 Å². The summed E-state index contributed by atoms with van der Waals surface area (Å²) in [5, 5.41) is 7.22. The largest absolute Gasteiger partial charge is 0.447 e. The fourth-order valence-electron chi connectivity index (χ4n) is 4.28. The van der Waals surface area contributed by atoms with Crippen molar-refractivity contribution in [3.63, 3.8) is 0 Å². The summed E-state index contributed by atoms with van der Waals surface area (Å²) in [6.07, 6.45) is 1.89. The highest BCUT2D eigenvalue weighted by molar-refractivity contribution is 6.31. The van der Waals surface area contributed by atoms with E-state index in [2.05, 4.69) is 15.6 Å². The number of urea groups is 1. The van der Waals surface area contributed by atoms with Gasteiger partial charge in [0.15, 0.2) is 5.79 Å². The highest BCUT2D eigenvalue weighted by Crippen LogP contribution is 2.26. The van der Waals surface area contributed by atoms with Gasteiger partial charge in [0.25, 0.3) is 0 Å². The Balaban J connectivity index is 1.37. The molecule has 2 aromatic carbocycles. The van der Waals surface area contributed by atoms with Crippen LogP contribution in [0.15, 0.2) is 54.7 Å². The maximum Gasteiger partial charge on any atom is 0.412 e. The first-order valence-electron chi connectivity index (χ1n) is 12.6. The number of carbonyl (C=O) groups excluding carboxylic acids is 2. The molecular weight excluding hydrogens is 527 g/mol. The lowest BCUT2D eigenvalue weighted by Gasteiger charge is -2.29. The molecule has 1 aliphatic heterocycles. The quantitative estimate of drug-likeness (QED) is 0.348. The SMILES string of the molecule is CN(C(=O)NCc1cccc(F)c1Cl)[C@@H](CC[C@@H]1COC(C)(C)O1)COC(=O)Nc1cc2ccccc2cn1. The molecule has 1 saturated heterocycles. The number of nitrogens with one attached hydrogen (secondary N) is 2. The van der Waals surface area contributed by atoms with Crippen LogP contribution in [-0.4, -0.2) is 60.2 Å². The summed E-state index contributed by atoms with van der Waals surface area (Å²) in [5.74, 6) is -0.875. The molecule has 0 bridgehead atoms. The number of likely N-dealkylation sites (N-methyl/N-ethyl adjacent to an activating group) is 1. The van der Waals surface area contributed by atoms with Crippen molar-refractivity contribution in [2.24, 2.45) is 0 Å². The molecule has 11 heteroatoms. The molecule has 4 rings (SSSR count). The summed E-state index contributed by atoms with van der Waals surface area (Å²) in [7, 11) is 1.61. The number of nitrogens with zero attached hydrogens (tertiary/aromatic N) is 2. The second kappa shape index (κ2) is 12.6. The lowest BCUT2D eigenvalue weighted by Crippen LogP contribution is -2.46. The zero-order valence-corrected chi connectivity index (χ0v) is 22.8. The number of benzene rings is 2. The number of ether oxygens (including phenoxy) is 3. The molecule has 39 heavy (non-hydrogen) atoms.